The highest BCUT2D eigenvalue weighted by atomic mass is 32.1. The van der Waals surface area contributed by atoms with Crippen molar-refractivity contribution < 1.29 is 0 Å². The number of hydrogen-bond acceptors (Lipinski definition) is 2. The normalized spacial score (nSPS) is 13.4. The van der Waals surface area contributed by atoms with E-state index < -0.39 is 0 Å². The lowest BCUT2D eigenvalue weighted by Crippen LogP contribution is -2.60. The van der Waals surface area contributed by atoms with Crippen molar-refractivity contribution in [2.24, 2.45) is 0 Å². The van der Waals surface area contributed by atoms with Crippen LogP contribution in [-0.4, -0.2) is 11.4 Å². The van der Waals surface area contributed by atoms with Gasteiger partial charge in [-0.05, 0) is 47.3 Å². The quantitative estimate of drug-likeness (QED) is 0.196. The van der Waals surface area contributed by atoms with E-state index in [1.54, 1.807) is 0 Å². The van der Waals surface area contributed by atoms with Gasteiger partial charge in [-0.15, -0.1) is 11.3 Å². The van der Waals surface area contributed by atoms with E-state index in [-0.39, 0.29) is 6.85 Å². The fourth-order valence-corrected chi connectivity index (χ4v) is 8.78. The van der Waals surface area contributed by atoms with Crippen molar-refractivity contribution in [3.63, 3.8) is 0 Å². The number of rotatable bonds is 1. The lowest BCUT2D eigenvalue weighted by atomic mass is 9.44. The first-order chi connectivity index (χ1) is 19.9. The lowest BCUT2D eigenvalue weighted by molar-refractivity contribution is 1.18. The van der Waals surface area contributed by atoms with E-state index in [0.29, 0.717) is 0 Å². The van der Waals surface area contributed by atoms with Crippen LogP contribution < -0.4 is 15.7 Å². The van der Waals surface area contributed by atoms with E-state index in [0.717, 1.165) is 0 Å². The minimum atomic E-state index is 0.0671. The number of para-hydroxylation sites is 4. The van der Waals surface area contributed by atoms with Crippen molar-refractivity contribution in [1.82, 2.24) is 4.57 Å². The molecule has 6 aromatic carbocycles. The molecule has 0 N–H and O–H groups in total. The van der Waals surface area contributed by atoms with Crippen LogP contribution >= 0.6 is 11.3 Å². The smallest absolute Gasteiger partial charge is 0.333 e. The molecule has 10 rings (SSSR count). The van der Waals surface area contributed by atoms with Gasteiger partial charge in [-0.3, -0.25) is 0 Å². The van der Waals surface area contributed by atoms with Gasteiger partial charge in [-0.25, -0.2) is 0 Å². The van der Waals surface area contributed by atoms with E-state index in [1.165, 1.54) is 81.1 Å². The maximum atomic E-state index is 2.58. The Kier molecular flexibility index (Phi) is 3.92. The van der Waals surface area contributed by atoms with Gasteiger partial charge < -0.3 is 9.38 Å². The van der Waals surface area contributed by atoms with Crippen LogP contribution in [0.2, 0.25) is 0 Å². The molecule has 0 amide bonds. The maximum absolute atomic E-state index is 2.58. The third kappa shape index (κ3) is 2.42. The lowest BCUT2D eigenvalue weighted by Gasteiger charge is -2.42. The SMILES string of the molecule is c1ccc(N2B3c4ccccc4-n4c5ccccc5c5c6c(sc7ccccc76)c(c3c54)-c3ccccc32)cc1. The number of fused-ring (bicyclic) bond motifs is 13. The predicted molar refractivity (Wildman–Crippen MR) is 173 cm³/mol. The number of hydrogen-bond donors (Lipinski definition) is 0. The van der Waals surface area contributed by atoms with E-state index in [1.807, 2.05) is 11.3 Å². The third-order valence-corrected chi connectivity index (χ3v) is 10.1. The first-order valence-electron chi connectivity index (χ1n) is 13.8. The number of thiophene rings is 1. The molecule has 2 nitrogen and oxygen atoms in total. The summed E-state index contributed by atoms with van der Waals surface area (Å²) in [6, 6.07) is 46.9. The molecule has 0 radical (unpaired) electrons. The monoisotopic (exact) mass is 524 g/mol. The standard InChI is InChI=1S/C36H21BN2S/c1-2-12-22(13-3-1)39-28-19-9-5-15-24(28)33-34-35-31(32-25-16-6-11-21-30(25)40-36(32)33)23-14-4-8-18-27(23)38(35)29-20-10-7-17-26(29)37(34)39/h1-21H. The molecule has 4 heterocycles. The Morgan fingerprint density at radius 3 is 2.17 bits per heavy atom. The van der Waals surface area contributed by atoms with Crippen molar-refractivity contribution >= 4 is 82.5 Å². The van der Waals surface area contributed by atoms with Crippen LogP contribution in [0.4, 0.5) is 11.4 Å². The molecule has 0 unspecified atom stereocenters. The summed E-state index contributed by atoms with van der Waals surface area (Å²) >= 11 is 1.95. The highest BCUT2D eigenvalue weighted by Crippen LogP contribution is 2.51. The number of nitrogens with zero attached hydrogens (tertiary/aromatic N) is 2. The van der Waals surface area contributed by atoms with Gasteiger partial charge in [0.05, 0.1) is 11.0 Å². The van der Waals surface area contributed by atoms with Gasteiger partial charge in [0.25, 0.3) is 0 Å². The molecule has 184 valence electrons. The fourth-order valence-electron chi connectivity index (χ4n) is 7.50. The van der Waals surface area contributed by atoms with Crippen molar-refractivity contribution in [2.75, 3.05) is 4.81 Å². The van der Waals surface area contributed by atoms with Crippen LogP contribution in [0.1, 0.15) is 0 Å². The van der Waals surface area contributed by atoms with Crippen LogP contribution in [0.3, 0.4) is 0 Å². The largest absolute Gasteiger partial charge is 0.376 e. The number of aromatic nitrogens is 1. The first kappa shape index (κ1) is 21.1. The average Bonchev–Trinajstić information content (AvgIpc) is 3.57. The first-order valence-corrected chi connectivity index (χ1v) is 14.6. The van der Waals surface area contributed by atoms with E-state index in [4.69, 9.17) is 0 Å². The van der Waals surface area contributed by atoms with Gasteiger partial charge in [-0.2, -0.15) is 0 Å². The van der Waals surface area contributed by atoms with E-state index >= 15 is 0 Å². The van der Waals surface area contributed by atoms with Crippen molar-refractivity contribution in [3.8, 4) is 16.8 Å². The summed E-state index contributed by atoms with van der Waals surface area (Å²) in [7, 11) is 0. The second kappa shape index (κ2) is 7.44. The molecule has 40 heavy (non-hydrogen) atoms. The van der Waals surface area contributed by atoms with E-state index in [9.17, 15) is 0 Å². The van der Waals surface area contributed by atoms with Crippen LogP contribution in [0, 0.1) is 0 Å². The summed E-state index contributed by atoms with van der Waals surface area (Å²) in [4.78, 5) is 2.58. The highest BCUT2D eigenvalue weighted by molar-refractivity contribution is 7.27. The number of anilines is 2. The molecule has 8 aromatic rings. The molecular formula is C36H21BN2S. The van der Waals surface area contributed by atoms with Gasteiger partial charge in [0.1, 0.15) is 0 Å². The molecule has 0 aliphatic carbocycles. The second-order valence-corrected chi connectivity index (χ2v) is 11.9. The zero-order chi connectivity index (χ0) is 25.9. The summed E-state index contributed by atoms with van der Waals surface area (Å²) in [6.45, 7) is 0.0671. The van der Waals surface area contributed by atoms with Crippen LogP contribution in [0.15, 0.2) is 127 Å². The average molecular weight is 524 g/mol. The summed E-state index contributed by atoms with van der Waals surface area (Å²) in [5.41, 5.74) is 11.9. The second-order valence-electron chi connectivity index (χ2n) is 10.9. The Bertz CT molecular complexity index is 2350. The van der Waals surface area contributed by atoms with Gasteiger partial charge in [-0.1, -0.05) is 91.0 Å². The van der Waals surface area contributed by atoms with Gasteiger partial charge in [0.2, 0.25) is 0 Å². The fraction of sp³-hybridized carbons (Fsp3) is 0. The van der Waals surface area contributed by atoms with Gasteiger partial charge >= 0.3 is 6.85 Å². The Morgan fingerprint density at radius 1 is 0.575 bits per heavy atom. The zero-order valence-corrected chi connectivity index (χ0v) is 22.3. The molecule has 0 bridgehead atoms. The zero-order valence-electron chi connectivity index (χ0n) is 21.5. The molecular weight excluding hydrogens is 503 g/mol. The Morgan fingerprint density at radius 2 is 1.27 bits per heavy atom. The van der Waals surface area contributed by atoms with E-state index in [2.05, 4.69) is 137 Å². The molecule has 0 atom stereocenters. The summed E-state index contributed by atoms with van der Waals surface area (Å²) in [5.74, 6) is 0. The minimum absolute atomic E-state index is 0.0671. The third-order valence-electron chi connectivity index (χ3n) is 8.94. The molecule has 2 aliphatic rings. The Balaban J connectivity index is 1.54. The Labute approximate surface area is 235 Å². The molecule has 0 spiro atoms. The summed E-state index contributed by atoms with van der Waals surface area (Å²) in [5, 5.41) is 5.46. The van der Waals surface area contributed by atoms with Crippen LogP contribution in [-0.2, 0) is 0 Å². The minimum Gasteiger partial charge on any atom is -0.376 e. The van der Waals surface area contributed by atoms with Crippen molar-refractivity contribution in [3.05, 3.63) is 127 Å². The topological polar surface area (TPSA) is 8.17 Å². The van der Waals surface area contributed by atoms with Crippen LogP contribution in [0.5, 0.6) is 0 Å². The van der Waals surface area contributed by atoms with Gasteiger partial charge in [0.15, 0.2) is 0 Å². The molecule has 4 heteroatoms. The summed E-state index contributed by atoms with van der Waals surface area (Å²) in [6.07, 6.45) is 0. The highest BCUT2D eigenvalue weighted by Gasteiger charge is 2.45. The molecule has 2 aromatic heterocycles. The predicted octanol–water partition coefficient (Wildman–Crippen LogP) is 8.39. The van der Waals surface area contributed by atoms with Crippen LogP contribution in [0.25, 0.3) is 58.8 Å². The van der Waals surface area contributed by atoms with Gasteiger partial charge in [0, 0.05) is 59.1 Å². The maximum Gasteiger partial charge on any atom is 0.333 e. The molecule has 2 aliphatic heterocycles. The number of benzene rings is 6. The van der Waals surface area contributed by atoms with Crippen molar-refractivity contribution in [1.29, 1.82) is 0 Å². The molecule has 0 fully saturated rings. The molecule has 0 saturated carbocycles. The molecule has 0 saturated heterocycles. The summed E-state index contributed by atoms with van der Waals surface area (Å²) < 4.78 is 5.30. The van der Waals surface area contributed by atoms with Crippen molar-refractivity contribution in [2.45, 2.75) is 0 Å². The Hall–Kier alpha value is -4.80.